The molecule has 1 rings (SSSR count). The first-order chi connectivity index (χ1) is 9.25. The Balaban J connectivity index is 2.79. The van der Waals surface area contributed by atoms with E-state index in [2.05, 4.69) is 10.3 Å². The lowest BCUT2D eigenvalue weighted by atomic mass is 9.86. The highest BCUT2D eigenvalue weighted by Gasteiger charge is 2.23. The van der Waals surface area contributed by atoms with Gasteiger partial charge in [0.2, 0.25) is 0 Å². The fourth-order valence-corrected chi connectivity index (χ4v) is 1.64. The average Bonchev–Trinajstić information content (AvgIpc) is 2.37. The molecule has 0 aliphatic rings. The van der Waals surface area contributed by atoms with Crippen LogP contribution in [-0.4, -0.2) is 24.6 Å². The third kappa shape index (κ3) is 4.28. The van der Waals surface area contributed by atoms with Gasteiger partial charge in [0.25, 0.3) is 5.91 Å². The maximum Gasteiger partial charge on any atom is 0.251 e. The van der Waals surface area contributed by atoms with Gasteiger partial charge in [0, 0.05) is 16.5 Å². The van der Waals surface area contributed by atoms with E-state index >= 15 is 0 Å². The summed E-state index contributed by atoms with van der Waals surface area (Å²) in [6.07, 6.45) is -0.291. The minimum atomic E-state index is -0.507. The van der Waals surface area contributed by atoms with Crippen LogP contribution in [0.1, 0.15) is 47.9 Å². The molecule has 1 aromatic rings. The molecule has 108 valence electrons. The largest absolute Gasteiger partial charge is 0.294 e. The van der Waals surface area contributed by atoms with Crippen molar-refractivity contribution in [1.29, 1.82) is 0 Å². The third-order valence-electron chi connectivity index (χ3n) is 2.69. The predicted molar refractivity (Wildman–Crippen MR) is 74.3 cm³/mol. The van der Waals surface area contributed by atoms with Crippen LogP contribution in [0.3, 0.4) is 0 Å². The molecular weight excluding hydrogens is 258 g/mol. The summed E-state index contributed by atoms with van der Waals surface area (Å²) in [7, 11) is 1.30. The van der Waals surface area contributed by atoms with E-state index in [0.29, 0.717) is 11.1 Å². The molecule has 20 heavy (non-hydrogen) atoms. The number of nitrogens with one attached hydrogen (secondary N) is 1. The van der Waals surface area contributed by atoms with Gasteiger partial charge in [-0.05, 0) is 0 Å². The summed E-state index contributed by atoms with van der Waals surface area (Å²) < 4.78 is 0. The monoisotopic (exact) mass is 277 g/mol. The molecule has 5 heteroatoms. The van der Waals surface area contributed by atoms with Crippen LogP contribution in [0.25, 0.3) is 0 Å². The van der Waals surface area contributed by atoms with Gasteiger partial charge in [0.15, 0.2) is 11.6 Å². The van der Waals surface area contributed by atoms with Crippen LogP contribution in [0.4, 0.5) is 0 Å². The molecular formula is C15H19NO4. The minimum absolute atomic E-state index is 0.00799. The van der Waals surface area contributed by atoms with Crippen LogP contribution in [0, 0.1) is 5.41 Å². The van der Waals surface area contributed by atoms with Gasteiger partial charge < -0.3 is 0 Å². The van der Waals surface area contributed by atoms with Gasteiger partial charge in [-0.2, -0.15) is 0 Å². The van der Waals surface area contributed by atoms with Crippen molar-refractivity contribution in [3.8, 4) is 0 Å². The quantitative estimate of drug-likeness (QED) is 0.508. The summed E-state index contributed by atoms with van der Waals surface area (Å²) >= 11 is 0. The van der Waals surface area contributed by atoms with Crippen LogP contribution < -0.4 is 5.48 Å². The van der Waals surface area contributed by atoms with E-state index in [1.807, 2.05) is 20.8 Å². The molecule has 0 heterocycles. The summed E-state index contributed by atoms with van der Waals surface area (Å²) in [4.78, 5) is 39.5. The fourth-order valence-electron chi connectivity index (χ4n) is 1.64. The number of ketones is 2. The zero-order chi connectivity index (χ0) is 15.3. The Morgan fingerprint density at radius 1 is 1.05 bits per heavy atom. The smallest absolute Gasteiger partial charge is 0.251 e. The highest BCUT2D eigenvalue weighted by molar-refractivity contribution is 6.07. The van der Waals surface area contributed by atoms with E-state index in [4.69, 9.17) is 0 Å². The van der Waals surface area contributed by atoms with Crippen molar-refractivity contribution in [2.75, 3.05) is 7.11 Å². The van der Waals surface area contributed by atoms with Gasteiger partial charge in [-0.3, -0.25) is 19.2 Å². The molecule has 0 bridgehead atoms. The second kappa shape index (κ2) is 6.43. The predicted octanol–water partition coefficient (Wildman–Crippen LogP) is 2.17. The summed E-state index contributed by atoms with van der Waals surface area (Å²) in [6.45, 7) is 5.51. The van der Waals surface area contributed by atoms with Crippen LogP contribution in [0.15, 0.2) is 24.3 Å². The fraction of sp³-hybridized carbons (Fsp3) is 0.400. The maximum absolute atomic E-state index is 12.0. The zero-order valence-electron chi connectivity index (χ0n) is 12.1. The van der Waals surface area contributed by atoms with Gasteiger partial charge in [0.05, 0.1) is 13.5 Å². The second-order valence-corrected chi connectivity index (χ2v) is 5.49. The standard InChI is InChI=1S/C15H19NO4/c1-15(2,3)14(19)11-7-5-10(6-8-11)12(17)9-13(18)16-20-4/h5-8H,9H2,1-4H3,(H,16,18). The molecule has 0 aliphatic carbocycles. The van der Waals surface area contributed by atoms with Crippen molar-refractivity contribution in [1.82, 2.24) is 5.48 Å². The topological polar surface area (TPSA) is 72.5 Å². The first-order valence-corrected chi connectivity index (χ1v) is 6.25. The number of carbonyl (C=O) groups excluding carboxylic acids is 3. The van der Waals surface area contributed by atoms with Gasteiger partial charge >= 0.3 is 0 Å². The number of hydrogen-bond donors (Lipinski definition) is 1. The number of hydrogen-bond acceptors (Lipinski definition) is 4. The number of carbonyl (C=O) groups is 3. The Morgan fingerprint density at radius 3 is 2.00 bits per heavy atom. The lowest BCUT2D eigenvalue weighted by Crippen LogP contribution is -2.24. The lowest BCUT2D eigenvalue weighted by Gasteiger charge is -2.16. The molecule has 0 aromatic heterocycles. The first kappa shape index (κ1) is 16.0. The molecule has 1 amide bonds. The van der Waals surface area contributed by atoms with E-state index in [1.54, 1.807) is 24.3 Å². The van der Waals surface area contributed by atoms with E-state index in [0.717, 1.165) is 0 Å². The summed E-state index contributed by atoms with van der Waals surface area (Å²) in [5, 5.41) is 0. The van der Waals surface area contributed by atoms with E-state index in [9.17, 15) is 14.4 Å². The van der Waals surface area contributed by atoms with Gasteiger partial charge in [-0.1, -0.05) is 45.0 Å². The molecule has 0 radical (unpaired) electrons. The highest BCUT2D eigenvalue weighted by atomic mass is 16.6. The molecule has 0 unspecified atom stereocenters. The normalized spacial score (nSPS) is 11.0. The molecule has 0 saturated carbocycles. The van der Waals surface area contributed by atoms with Gasteiger partial charge in [0.1, 0.15) is 0 Å². The second-order valence-electron chi connectivity index (χ2n) is 5.49. The number of amides is 1. The van der Waals surface area contributed by atoms with Crippen molar-refractivity contribution in [3.63, 3.8) is 0 Å². The molecule has 0 aliphatic heterocycles. The van der Waals surface area contributed by atoms with Crippen molar-refractivity contribution in [2.24, 2.45) is 5.41 Å². The SMILES string of the molecule is CONC(=O)CC(=O)c1ccc(C(=O)C(C)(C)C)cc1. The number of hydroxylamine groups is 1. The maximum atomic E-state index is 12.0. The highest BCUT2D eigenvalue weighted by Crippen LogP contribution is 2.21. The molecule has 0 saturated heterocycles. The lowest BCUT2D eigenvalue weighted by molar-refractivity contribution is -0.130. The average molecular weight is 277 g/mol. The number of Topliss-reactive ketones (excluding diaryl/α,β-unsaturated/α-hetero) is 2. The van der Waals surface area contributed by atoms with E-state index < -0.39 is 11.3 Å². The Bertz CT molecular complexity index is 512. The van der Waals surface area contributed by atoms with Crippen molar-refractivity contribution in [3.05, 3.63) is 35.4 Å². The van der Waals surface area contributed by atoms with Crippen LogP contribution in [-0.2, 0) is 9.63 Å². The van der Waals surface area contributed by atoms with Crippen LogP contribution >= 0.6 is 0 Å². The first-order valence-electron chi connectivity index (χ1n) is 6.25. The Hall–Kier alpha value is -2.01. The van der Waals surface area contributed by atoms with E-state index in [-0.39, 0.29) is 18.0 Å². The van der Waals surface area contributed by atoms with Crippen molar-refractivity contribution in [2.45, 2.75) is 27.2 Å². The summed E-state index contributed by atoms with van der Waals surface area (Å²) in [5.41, 5.74) is 2.56. The Kier molecular flexibility index (Phi) is 5.16. The molecule has 0 spiro atoms. The number of benzene rings is 1. The van der Waals surface area contributed by atoms with Crippen LogP contribution in [0.2, 0.25) is 0 Å². The van der Waals surface area contributed by atoms with Crippen molar-refractivity contribution >= 4 is 17.5 Å². The minimum Gasteiger partial charge on any atom is -0.294 e. The van der Waals surface area contributed by atoms with Crippen LogP contribution in [0.5, 0.6) is 0 Å². The third-order valence-corrected chi connectivity index (χ3v) is 2.69. The molecule has 5 nitrogen and oxygen atoms in total. The van der Waals surface area contributed by atoms with Crippen molar-refractivity contribution < 1.29 is 19.2 Å². The Morgan fingerprint density at radius 2 is 1.55 bits per heavy atom. The molecule has 1 aromatic carbocycles. The van der Waals surface area contributed by atoms with Gasteiger partial charge in [-0.25, -0.2) is 5.48 Å². The van der Waals surface area contributed by atoms with E-state index in [1.165, 1.54) is 7.11 Å². The summed E-state index contributed by atoms with van der Waals surface area (Å²) in [5.74, 6) is -0.824. The molecule has 0 atom stereocenters. The molecule has 0 fully saturated rings. The number of rotatable bonds is 5. The summed E-state index contributed by atoms with van der Waals surface area (Å²) in [6, 6.07) is 6.33. The zero-order valence-corrected chi connectivity index (χ0v) is 12.1. The molecule has 1 N–H and O–H groups in total. The Labute approximate surface area is 118 Å². The van der Waals surface area contributed by atoms with Gasteiger partial charge in [-0.15, -0.1) is 0 Å².